The van der Waals surface area contributed by atoms with Crippen molar-refractivity contribution in [2.75, 3.05) is 31.1 Å². The highest BCUT2D eigenvalue weighted by molar-refractivity contribution is 5.30. The van der Waals surface area contributed by atoms with E-state index in [0.717, 1.165) is 63.6 Å². The van der Waals surface area contributed by atoms with E-state index >= 15 is 0 Å². The molecule has 112 valence electrons. The Morgan fingerprint density at radius 2 is 2.15 bits per heavy atom. The van der Waals surface area contributed by atoms with Crippen LogP contribution in [0.4, 0.5) is 5.95 Å². The zero-order valence-corrected chi connectivity index (χ0v) is 12.6. The third kappa shape index (κ3) is 4.42. The van der Waals surface area contributed by atoms with E-state index in [1.165, 1.54) is 0 Å². The lowest BCUT2D eigenvalue weighted by molar-refractivity contribution is 0.0437. The molecular formula is C15H26N4O. The molecule has 1 aromatic rings. The number of hydrogen-bond acceptors (Lipinski definition) is 5. The summed E-state index contributed by atoms with van der Waals surface area (Å²) in [6, 6.07) is 0. The number of nitrogens with one attached hydrogen (secondary N) is 1. The topological polar surface area (TPSA) is 50.3 Å². The molecule has 2 heterocycles. The SMILES string of the molecule is CCCOC1CCCN(c2ncc(CNCC)cn2)C1. The number of rotatable bonds is 7. The maximum absolute atomic E-state index is 5.85. The van der Waals surface area contributed by atoms with Crippen molar-refractivity contribution in [2.24, 2.45) is 0 Å². The highest BCUT2D eigenvalue weighted by Gasteiger charge is 2.21. The summed E-state index contributed by atoms with van der Waals surface area (Å²) in [4.78, 5) is 11.2. The number of aromatic nitrogens is 2. The van der Waals surface area contributed by atoms with Gasteiger partial charge in [0.25, 0.3) is 0 Å². The number of piperidine rings is 1. The van der Waals surface area contributed by atoms with Crippen molar-refractivity contribution in [3.05, 3.63) is 18.0 Å². The second-order valence-corrected chi connectivity index (χ2v) is 5.25. The molecule has 1 N–H and O–H groups in total. The van der Waals surface area contributed by atoms with Gasteiger partial charge >= 0.3 is 0 Å². The van der Waals surface area contributed by atoms with Crippen LogP contribution in [0.3, 0.4) is 0 Å². The van der Waals surface area contributed by atoms with E-state index in [4.69, 9.17) is 4.74 Å². The zero-order valence-electron chi connectivity index (χ0n) is 12.6. The van der Waals surface area contributed by atoms with Gasteiger partial charge in [-0.05, 0) is 25.8 Å². The van der Waals surface area contributed by atoms with Gasteiger partial charge in [0.15, 0.2) is 0 Å². The van der Waals surface area contributed by atoms with Gasteiger partial charge in [0.1, 0.15) is 0 Å². The minimum absolute atomic E-state index is 0.328. The summed E-state index contributed by atoms with van der Waals surface area (Å²) in [7, 11) is 0. The lowest BCUT2D eigenvalue weighted by atomic mass is 10.1. The van der Waals surface area contributed by atoms with Crippen molar-refractivity contribution in [2.45, 2.75) is 45.8 Å². The molecule has 1 fully saturated rings. The van der Waals surface area contributed by atoms with Crippen LogP contribution in [0.15, 0.2) is 12.4 Å². The maximum atomic E-state index is 5.85. The van der Waals surface area contributed by atoms with Crippen LogP contribution in [-0.2, 0) is 11.3 Å². The summed E-state index contributed by atoms with van der Waals surface area (Å²) in [5.41, 5.74) is 1.13. The van der Waals surface area contributed by atoms with E-state index in [-0.39, 0.29) is 0 Å². The summed E-state index contributed by atoms with van der Waals surface area (Å²) >= 11 is 0. The van der Waals surface area contributed by atoms with E-state index in [2.05, 4.69) is 34.0 Å². The highest BCUT2D eigenvalue weighted by Crippen LogP contribution is 2.18. The Hall–Kier alpha value is -1.20. The van der Waals surface area contributed by atoms with Crippen molar-refractivity contribution >= 4 is 5.95 Å². The molecule has 1 aromatic heterocycles. The van der Waals surface area contributed by atoms with Crippen LogP contribution >= 0.6 is 0 Å². The molecule has 1 aliphatic rings. The summed E-state index contributed by atoms with van der Waals surface area (Å²) in [6.45, 7) is 8.82. The lowest BCUT2D eigenvalue weighted by Crippen LogP contribution is -2.40. The molecule has 0 bridgehead atoms. The van der Waals surface area contributed by atoms with Gasteiger partial charge < -0.3 is 15.0 Å². The maximum Gasteiger partial charge on any atom is 0.225 e. The van der Waals surface area contributed by atoms with E-state index < -0.39 is 0 Å². The molecule has 5 nitrogen and oxygen atoms in total. The van der Waals surface area contributed by atoms with Gasteiger partial charge in [-0.1, -0.05) is 13.8 Å². The average molecular weight is 278 g/mol. The predicted molar refractivity (Wildman–Crippen MR) is 80.9 cm³/mol. The number of hydrogen-bond donors (Lipinski definition) is 1. The van der Waals surface area contributed by atoms with Crippen LogP contribution in [0.5, 0.6) is 0 Å². The van der Waals surface area contributed by atoms with E-state index in [1.54, 1.807) is 0 Å². The molecule has 0 amide bonds. The first-order chi connectivity index (χ1) is 9.83. The Balaban J connectivity index is 1.89. The van der Waals surface area contributed by atoms with Gasteiger partial charge in [0, 0.05) is 44.2 Å². The Morgan fingerprint density at radius 1 is 1.35 bits per heavy atom. The molecule has 1 atom stereocenters. The van der Waals surface area contributed by atoms with Crippen molar-refractivity contribution in [3.63, 3.8) is 0 Å². The van der Waals surface area contributed by atoms with Gasteiger partial charge in [-0.2, -0.15) is 0 Å². The number of nitrogens with zero attached hydrogens (tertiary/aromatic N) is 3. The quantitative estimate of drug-likeness (QED) is 0.826. The van der Waals surface area contributed by atoms with Gasteiger partial charge in [-0.15, -0.1) is 0 Å². The Bertz CT molecular complexity index is 382. The highest BCUT2D eigenvalue weighted by atomic mass is 16.5. The van der Waals surface area contributed by atoms with Crippen molar-refractivity contribution in [1.82, 2.24) is 15.3 Å². The third-order valence-corrected chi connectivity index (χ3v) is 3.49. The number of anilines is 1. The average Bonchev–Trinajstić information content (AvgIpc) is 2.52. The smallest absolute Gasteiger partial charge is 0.225 e. The standard InChI is InChI=1S/C15H26N4O/c1-3-8-20-14-6-5-7-19(12-14)15-17-10-13(11-18-15)9-16-4-2/h10-11,14,16H,3-9,12H2,1-2H3. The molecule has 1 unspecified atom stereocenters. The summed E-state index contributed by atoms with van der Waals surface area (Å²) in [5.74, 6) is 0.829. The largest absolute Gasteiger partial charge is 0.376 e. The fourth-order valence-electron chi connectivity index (χ4n) is 2.41. The van der Waals surface area contributed by atoms with Gasteiger partial charge in [-0.25, -0.2) is 9.97 Å². The number of ether oxygens (including phenoxy) is 1. The van der Waals surface area contributed by atoms with E-state index in [9.17, 15) is 0 Å². The fourth-order valence-corrected chi connectivity index (χ4v) is 2.41. The van der Waals surface area contributed by atoms with Crippen LogP contribution in [0.2, 0.25) is 0 Å². The minimum atomic E-state index is 0.328. The normalized spacial score (nSPS) is 19.3. The van der Waals surface area contributed by atoms with E-state index in [0.29, 0.717) is 6.10 Å². The molecule has 0 radical (unpaired) electrons. The first kappa shape index (κ1) is 15.2. The summed E-state index contributed by atoms with van der Waals surface area (Å²) in [6.07, 6.45) is 7.54. The third-order valence-electron chi connectivity index (χ3n) is 3.49. The molecule has 20 heavy (non-hydrogen) atoms. The van der Waals surface area contributed by atoms with Crippen LogP contribution in [0.25, 0.3) is 0 Å². The first-order valence-electron chi connectivity index (χ1n) is 7.71. The van der Waals surface area contributed by atoms with Crippen LogP contribution in [0, 0.1) is 0 Å². The van der Waals surface area contributed by atoms with Crippen molar-refractivity contribution < 1.29 is 4.74 Å². The Labute approximate surface area is 121 Å². The molecule has 5 heteroatoms. The lowest BCUT2D eigenvalue weighted by Gasteiger charge is -2.32. The molecule has 0 aliphatic carbocycles. The monoisotopic (exact) mass is 278 g/mol. The summed E-state index contributed by atoms with van der Waals surface area (Å²) < 4.78 is 5.85. The van der Waals surface area contributed by atoms with E-state index in [1.807, 2.05) is 12.4 Å². The second kappa shape index (κ2) is 8.17. The van der Waals surface area contributed by atoms with Gasteiger partial charge in [0.05, 0.1) is 6.10 Å². The summed E-state index contributed by atoms with van der Waals surface area (Å²) in [5, 5.41) is 3.28. The second-order valence-electron chi connectivity index (χ2n) is 5.25. The molecule has 0 saturated carbocycles. The fraction of sp³-hybridized carbons (Fsp3) is 0.733. The first-order valence-corrected chi connectivity index (χ1v) is 7.71. The van der Waals surface area contributed by atoms with Crippen molar-refractivity contribution in [3.8, 4) is 0 Å². The molecule has 1 saturated heterocycles. The Kier molecular flexibility index (Phi) is 6.21. The zero-order chi connectivity index (χ0) is 14.2. The van der Waals surface area contributed by atoms with Crippen LogP contribution < -0.4 is 10.2 Å². The molecule has 2 rings (SSSR count). The van der Waals surface area contributed by atoms with Crippen LogP contribution in [0.1, 0.15) is 38.7 Å². The molecule has 0 spiro atoms. The van der Waals surface area contributed by atoms with Crippen LogP contribution in [-0.4, -0.2) is 42.3 Å². The van der Waals surface area contributed by atoms with Gasteiger partial charge in [0.2, 0.25) is 5.95 Å². The molecular weight excluding hydrogens is 252 g/mol. The molecule has 1 aliphatic heterocycles. The predicted octanol–water partition coefficient (Wildman–Crippen LogP) is 1.98. The van der Waals surface area contributed by atoms with Crippen molar-refractivity contribution in [1.29, 1.82) is 0 Å². The van der Waals surface area contributed by atoms with Gasteiger partial charge in [-0.3, -0.25) is 0 Å². The Morgan fingerprint density at radius 3 is 2.85 bits per heavy atom. The molecule has 0 aromatic carbocycles. The minimum Gasteiger partial charge on any atom is -0.376 e.